The first-order valence-corrected chi connectivity index (χ1v) is 11.9. The molecule has 8 nitrogen and oxygen atoms in total. The highest BCUT2D eigenvalue weighted by Crippen LogP contribution is 2.34. The highest BCUT2D eigenvalue weighted by atomic mass is 35.5. The van der Waals surface area contributed by atoms with Crippen LogP contribution in [0.3, 0.4) is 0 Å². The molecule has 0 aliphatic rings. The van der Waals surface area contributed by atoms with Crippen LogP contribution in [0.15, 0.2) is 89.6 Å². The van der Waals surface area contributed by atoms with E-state index in [0.29, 0.717) is 28.0 Å². The van der Waals surface area contributed by atoms with Crippen LogP contribution in [0.5, 0.6) is 0 Å². The Labute approximate surface area is 217 Å². The molecule has 186 valence electrons. The summed E-state index contributed by atoms with van der Waals surface area (Å²) in [6, 6.07) is 22.2. The van der Waals surface area contributed by atoms with Crippen molar-refractivity contribution in [3.05, 3.63) is 101 Å². The van der Waals surface area contributed by atoms with Crippen molar-refractivity contribution >= 4 is 35.3 Å². The number of anilines is 1. The van der Waals surface area contributed by atoms with Gasteiger partial charge in [0.05, 0.1) is 6.42 Å². The average molecular weight is 516 g/mol. The van der Waals surface area contributed by atoms with E-state index in [1.807, 2.05) is 48.5 Å². The Bertz CT molecular complexity index is 1570. The van der Waals surface area contributed by atoms with Crippen LogP contribution in [-0.4, -0.2) is 26.6 Å². The first-order valence-electron chi connectivity index (χ1n) is 11.5. The Morgan fingerprint density at radius 2 is 1.68 bits per heavy atom. The van der Waals surface area contributed by atoms with Gasteiger partial charge in [0.25, 0.3) is 0 Å². The smallest absolute Gasteiger partial charge is 0.413 e. The second kappa shape index (κ2) is 10.2. The van der Waals surface area contributed by atoms with E-state index < -0.39 is 18.2 Å². The summed E-state index contributed by atoms with van der Waals surface area (Å²) in [4.78, 5) is 27.9. The summed E-state index contributed by atoms with van der Waals surface area (Å²) in [7, 11) is 0. The molecule has 9 heteroatoms. The first-order chi connectivity index (χ1) is 17.9. The Morgan fingerprint density at radius 1 is 1.03 bits per heavy atom. The minimum Gasteiger partial charge on any atom is -0.481 e. The van der Waals surface area contributed by atoms with Crippen molar-refractivity contribution in [3.8, 4) is 22.5 Å². The molecule has 0 bridgehead atoms. The number of aliphatic carboxylic acids is 1. The summed E-state index contributed by atoms with van der Waals surface area (Å²) in [5.41, 5.74) is 4.06. The van der Waals surface area contributed by atoms with Crippen LogP contribution in [0.1, 0.15) is 24.2 Å². The average Bonchev–Trinajstić information content (AvgIpc) is 3.47. The number of halogens is 1. The van der Waals surface area contributed by atoms with Crippen LogP contribution in [-0.2, 0) is 16.0 Å². The molecule has 3 aromatic carbocycles. The van der Waals surface area contributed by atoms with Crippen molar-refractivity contribution < 1.29 is 23.8 Å². The SMILES string of the molecule is CC(OC(=O)Nc1c(-c2ccc(-c3ccc(CC(=O)O)cc3)cc2)oc2nccn12)c1ccccc1Cl. The van der Waals surface area contributed by atoms with Crippen molar-refractivity contribution in [3.63, 3.8) is 0 Å². The van der Waals surface area contributed by atoms with Gasteiger partial charge in [0.1, 0.15) is 6.10 Å². The predicted molar refractivity (Wildman–Crippen MR) is 140 cm³/mol. The van der Waals surface area contributed by atoms with E-state index in [1.54, 1.807) is 48.0 Å². The molecule has 0 aliphatic carbocycles. The van der Waals surface area contributed by atoms with Gasteiger partial charge < -0.3 is 14.3 Å². The molecule has 0 radical (unpaired) electrons. The van der Waals surface area contributed by atoms with Gasteiger partial charge in [0.15, 0.2) is 11.6 Å². The third kappa shape index (κ3) is 5.19. The van der Waals surface area contributed by atoms with E-state index in [1.165, 1.54) is 0 Å². The van der Waals surface area contributed by atoms with Gasteiger partial charge in [0, 0.05) is 28.5 Å². The van der Waals surface area contributed by atoms with Crippen molar-refractivity contribution in [2.75, 3.05) is 5.32 Å². The summed E-state index contributed by atoms with van der Waals surface area (Å²) in [6.45, 7) is 1.75. The number of oxazole rings is 1. The van der Waals surface area contributed by atoms with Crippen LogP contribution in [0.25, 0.3) is 28.3 Å². The monoisotopic (exact) mass is 515 g/mol. The molecule has 0 aliphatic heterocycles. The van der Waals surface area contributed by atoms with E-state index in [-0.39, 0.29) is 6.42 Å². The number of aromatic nitrogens is 2. The molecular weight excluding hydrogens is 494 g/mol. The molecule has 0 saturated carbocycles. The molecule has 1 amide bonds. The fraction of sp³-hybridized carbons (Fsp3) is 0.107. The Hall–Kier alpha value is -4.56. The van der Waals surface area contributed by atoms with Gasteiger partial charge in [-0.1, -0.05) is 78.3 Å². The number of ether oxygens (including phenoxy) is 1. The zero-order chi connectivity index (χ0) is 25.9. The minimum atomic E-state index is -0.867. The maximum Gasteiger partial charge on any atom is 0.413 e. The van der Waals surface area contributed by atoms with Crippen LogP contribution < -0.4 is 5.32 Å². The number of carbonyl (C=O) groups excluding carboxylic acids is 1. The highest BCUT2D eigenvalue weighted by Gasteiger charge is 2.21. The molecule has 0 saturated heterocycles. The maximum atomic E-state index is 12.8. The van der Waals surface area contributed by atoms with Crippen LogP contribution in [0.4, 0.5) is 10.6 Å². The second-order valence-electron chi connectivity index (χ2n) is 8.40. The molecule has 0 spiro atoms. The third-order valence-electron chi connectivity index (χ3n) is 5.89. The summed E-state index contributed by atoms with van der Waals surface area (Å²) >= 11 is 6.24. The summed E-state index contributed by atoms with van der Waals surface area (Å²) < 4.78 is 13.1. The van der Waals surface area contributed by atoms with E-state index in [4.69, 9.17) is 25.9 Å². The molecule has 37 heavy (non-hydrogen) atoms. The number of imidazole rings is 1. The fourth-order valence-corrected chi connectivity index (χ4v) is 4.35. The molecule has 1 unspecified atom stereocenters. The van der Waals surface area contributed by atoms with Gasteiger partial charge in [-0.3, -0.25) is 14.5 Å². The lowest BCUT2D eigenvalue weighted by Gasteiger charge is -2.15. The normalized spacial score (nSPS) is 11.8. The van der Waals surface area contributed by atoms with Crippen molar-refractivity contribution in [2.45, 2.75) is 19.4 Å². The number of carbonyl (C=O) groups is 2. The van der Waals surface area contributed by atoms with Gasteiger partial charge >= 0.3 is 17.9 Å². The van der Waals surface area contributed by atoms with Crippen LogP contribution in [0, 0.1) is 0 Å². The fourth-order valence-electron chi connectivity index (χ4n) is 4.06. The third-order valence-corrected chi connectivity index (χ3v) is 6.24. The van der Waals surface area contributed by atoms with Crippen molar-refractivity contribution in [1.82, 2.24) is 9.38 Å². The molecule has 2 aromatic heterocycles. The first kappa shape index (κ1) is 24.1. The second-order valence-corrected chi connectivity index (χ2v) is 8.81. The lowest BCUT2D eigenvalue weighted by Crippen LogP contribution is -2.17. The lowest BCUT2D eigenvalue weighted by molar-refractivity contribution is -0.136. The van der Waals surface area contributed by atoms with Gasteiger partial charge in [-0.15, -0.1) is 0 Å². The molecule has 2 N–H and O–H groups in total. The van der Waals surface area contributed by atoms with Gasteiger partial charge in [-0.25, -0.2) is 9.78 Å². The van der Waals surface area contributed by atoms with E-state index in [0.717, 1.165) is 22.3 Å². The van der Waals surface area contributed by atoms with Gasteiger partial charge in [0.2, 0.25) is 0 Å². The maximum absolute atomic E-state index is 12.8. The van der Waals surface area contributed by atoms with E-state index in [9.17, 15) is 9.59 Å². The number of nitrogens with one attached hydrogen (secondary N) is 1. The minimum absolute atomic E-state index is 0.0189. The highest BCUT2D eigenvalue weighted by molar-refractivity contribution is 6.31. The van der Waals surface area contributed by atoms with Gasteiger partial charge in [-0.2, -0.15) is 0 Å². The summed E-state index contributed by atoms with van der Waals surface area (Å²) in [5, 5.41) is 12.3. The van der Waals surface area contributed by atoms with E-state index >= 15 is 0 Å². The molecule has 5 rings (SSSR count). The number of fused-ring (bicyclic) bond motifs is 1. The van der Waals surface area contributed by atoms with E-state index in [2.05, 4.69) is 10.3 Å². The zero-order valence-corrected chi connectivity index (χ0v) is 20.5. The van der Waals surface area contributed by atoms with Crippen LogP contribution in [0.2, 0.25) is 5.02 Å². The molecule has 2 heterocycles. The topological polar surface area (TPSA) is 106 Å². The van der Waals surface area contributed by atoms with Gasteiger partial charge in [-0.05, 0) is 29.7 Å². The summed E-state index contributed by atoms with van der Waals surface area (Å²) in [5.74, 6) is 0.263. The molecule has 5 aromatic rings. The number of benzene rings is 3. The quantitative estimate of drug-likeness (QED) is 0.245. The van der Waals surface area contributed by atoms with Crippen LogP contribution >= 0.6 is 11.6 Å². The predicted octanol–water partition coefficient (Wildman–Crippen LogP) is 6.85. The molecule has 0 fully saturated rings. The lowest BCUT2D eigenvalue weighted by atomic mass is 10.0. The standard InChI is InChI=1S/C28H22ClN3O5/c1-17(22-4-2-3-5-23(22)29)36-28(35)31-26-25(37-27-30-14-15-32(26)27)21-12-10-20(11-13-21)19-8-6-18(7-9-19)16-24(33)34/h2-15,17H,16H2,1H3,(H,31,35)(H,33,34). The van der Waals surface area contributed by atoms with Crippen molar-refractivity contribution in [1.29, 1.82) is 0 Å². The summed E-state index contributed by atoms with van der Waals surface area (Å²) in [6.07, 6.45) is 2.01. The number of carboxylic acid groups (broad SMARTS) is 1. The Kier molecular flexibility index (Phi) is 6.66. The number of rotatable bonds is 7. The zero-order valence-electron chi connectivity index (χ0n) is 19.7. The Morgan fingerprint density at radius 3 is 2.35 bits per heavy atom. The van der Waals surface area contributed by atoms with Crippen molar-refractivity contribution in [2.24, 2.45) is 0 Å². The number of hydrogen-bond donors (Lipinski definition) is 2. The molecular formula is C28H22ClN3O5. The number of nitrogens with zero attached hydrogens (tertiary/aromatic N) is 2. The number of hydrogen-bond acceptors (Lipinski definition) is 5. The number of carboxylic acids is 1. The number of amides is 1. The Balaban J connectivity index is 1.37. The molecule has 1 atom stereocenters. The largest absolute Gasteiger partial charge is 0.481 e.